The molecule has 2 rings (SSSR count). The van der Waals surface area contributed by atoms with Crippen molar-refractivity contribution in [2.45, 2.75) is 84.0 Å². The smallest absolute Gasteiger partial charge is 0.0199 e. The van der Waals surface area contributed by atoms with Crippen molar-refractivity contribution in [2.75, 3.05) is 0 Å². The number of fused-ring (bicyclic) bond motifs is 2. The molecular weight excluding hydrogens is 204 g/mol. The van der Waals surface area contributed by atoms with Crippen molar-refractivity contribution < 1.29 is 0 Å². The van der Waals surface area contributed by atoms with Crippen molar-refractivity contribution in [3.63, 3.8) is 0 Å². The Balaban J connectivity index is 1.42. The summed E-state index contributed by atoms with van der Waals surface area (Å²) in [6.45, 7) is 2.30. The second-order valence-electron chi connectivity index (χ2n) is 6.26. The van der Waals surface area contributed by atoms with Crippen molar-refractivity contribution in [1.29, 1.82) is 0 Å². The summed E-state index contributed by atoms with van der Waals surface area (Å²) in [5, 5.41) is 0. The molecule has 0 aromatic heterocycles. The summed E-state index contributed by atoms with van der Waals surface area (Å²) in [5.74, 6) is 2.05. The highest BCUT2D eigenvalue weighted by atomic mass is 14.4. The maximum absolute atomic E-state index is 2.62. The number of hydrogen-bond donors (Lipinski definition) is 0. The highest BCUT2D eigenvalue weighted by molar-refractivity contribution is 5.19. The number of allylic oxidation sites excluding steroid dienone is 2. The van der Waals surface area contributed by atoms with E-state index in [2.05, 4.69) is 13.0 Å². The van der Waals surface area contributed by atoms with E-state index in [1.165, 1.54) is 77.0 Å². The van der Waals surface area contributed by atoms with Crippen LogP contribution in [0.2, 0.25) is 0 Å². The molecule has 0 nitrogen and oxygen atoms in total. The molecule has 2 bridgehead atoms. The molecule has 0 heteroatoms. The van der Waals surface area contributed by atoms with E-state index in [4.69, 9.17) is 0 Å². The van der Waals surface area contributed by atoms with Gasteiger partial charge < -0.3 is 0 Å². The minimum atomic E-state index is 0.985. The van der Waals surface area contributed by atoms with Crippen molar-refractivity contribution in [2.24, 2.45) is 11.8 Å². The predicted molar refractivity (Wildman–Crippen MR) is 76.1 cm³/mol. The van der Waals surface area contributed by atoms with E-state index in [9.17, 15) is 0 Å². The molecule has 2 aliphatic rings. The van der Waals surface area contributed by atoms with Crippen molar-refractivity contribution in [3.8, 4) is 0 Å². The third-order valence-electron chi connectivity index (χ3n) is 4.81. The molecule has 0 radical (unpaired) electrons. The SMILES string of the molecule is CCCCCCCCCCC1C=C2CCC1C2. The van der Waals surface area contributed by atoms with Gasteiger partial charge in [-0.05, 0) is 37.5 Å². The van der Waals surface area contributed by atoms with Crippen LogP contribution in [0.25, 0.3) is 0 Å². The van der Waals surface area contributed by atoms with E-state index >= 15 is 0 Å². The van der Waals surface area contributed by atoms with Crippen LogP contribution in [0.4, 0.5) is 0 Å². The Morgan fingerprint density at radius 3 is 2.29 bits per heavy atom. The first kappa shape index (κ1) is 13.2. The van der Waals surface area contributed by atoms with Crippen LogP contribution >= 0.6 is 0 Å². The molecule has 0 aromatic carbocycles. The molecule has 0 aromatic rings. The molecule has 0 saturated heterocycles. The average molecular weight is 234 g/mol. The normalized spacial score (nSPS) is 26.5. The monoisotopic (exact) mass is 234 g/mol. The van der Waals surface area contributed by atoms with Crippen LogP contribution in [0, 0.1) is 11.8 Å². The maximum atomic E-state index is 2.62. The van der Waals surface area contributed by atoms with E-state index in [1.54, 1.807) is 5.57 Å². The fraction of sp³-hybridized carbons (Fsp3) is 0.882. The fourth-order valence-corrected chi connectivity index (χ4v) is 3.70. The number of unbranched alkanes of at least 4 members (excludes halogenated alkanes) is 7. The van der Waals surface area contributed by atoms with Gasteiger partial charge in [0.2, 0.25) is 0 Å². The predicted octanol–water partition coefficient (Wildman–Crippen LogP) is 5.87. The summed E-state index contributed by atoms with van der Waals surface area (Å²) in [7, 11) is 0. The molecule has 0 spiro atoms. The largest absolute Gasteiger partial charge is 0.0819 e. The molecule has 2 unspecified atom stereocenters. The van der Waals surface area contributed by atoms with Gasteiger partial charge in [0, 0.05) is 0 Å². The zero-order valence-corrected chi connectivity index (χ0v) is 11.7. The lowest BCUT2D eigenvalue weighted by Crippen LogP contribution is -2.06. The van der Waals surface area contributed by atoms with Crippen LogP contribution in [0.3, 0.4) is 0 Å². The molecule has 2 aliphatic carbocycles. The Kier molecular flexibility index (Phi) is 5.61. The lowest BCUT2D eigenvalue weighted by Gasteiger charge is -2.17. The van der Waals surface area contributed by atoms with Gasteiger partial charge in [-0.3, -0.25) is 0 Å². The van der Waals surface area contributed by atoms with Gasteiger partial charge in [-0.2, -0.15) is 0 Å². The first-order chi connectivity index (χ1) is 8.40. The minimum absolute atomic E-state index is 0.985. The molecule has 1 fully saturated rings. The van der Waals surface area contributed by atoms with Gasteiger partial charge in [0.05, 0.1) is 0 Å². The lowest BCUT2D eigenvalue weighted by molar-refractivity contribution is 0.382. The van der Waals surface area contributed by atoms with E-state index in [0.29, 0.717) is 0 Å². The van der Waals surface area contributed by atoms with Crippen molar-refractivity contribution >= 4 is 0 Å². The molecule has 17 heavy (non-hydrogen) atoms. The molecule has 1 saturated carbocycles. The van der Waals surface area contributed by atoms with Crippen LogP contribution in [-0.4, -0.2) is 0 Å². The Labute approximate surface area is 108 Å². The van der Waals surface area contributed by atoms with Gasteiger partial charge in [0.25, 0.3) is 0 Å². The third kappa shape index (κ3) is 4.16. The summed E-state index contributed by atoms with van der Waals surface area (Å²) in [6, 6.07) is 0. The second kappa shape index (κ2) is 7.24. The Hall–Kier alpha value is -0.260. The highest BCUT2D eigenvalue weighted by Gasteiger charge is 2.31. The molecule has 2 atom stereocenters. The van der Waals surface area contributed by atoms with Gasteiger partial charge in [-0.25, -0.2) is 0 Å². The van der Waals surface area contributed by atoms with Crippen LogP contribution in [0.5, 0.6) is 0 Å². The summed E-state index contributed by atoms with van der Waals surface area (Å²) < 4.78 is 0. The Morgan fingerprint density at radius 1 is 1.00 bits per heavy atom. The molecular formula is C17H30. The molecule has 0 N–H and O–H groups in total. The zero-order chi connectivity index (χ0) is 11.9. The quantitative estimate of drug-likeness (QED) is 0.345. The van der Waals surface area contributed by atoms with Crippen molar-refractivity contribution in [1.82, 2.24) is 0 Å². The van der Waals surface area contributed by atoms with E-state index in [0.717, 1.165) is 11.8 Å². The average Bonchev–Trinajstić information content (AvgIpc) is 2.94. The Morgan fingerprint density at radius 2 is 1.71 bits per heavy atom. The van der Waals surface area contributed by atoms with E-state index in [-0.39, 0.29) is 0 Å². The highest BCUT2D eigenvalue weighted by Crippen LogP contribution is 2.45. The zero-order valence-electron chi connectivity index (χ0n) is 11.7. The molecule has 98 valence electrons. The van der Waals surface area contributed by atoms with Gasteiger partial charge in [-0.1, -0.05) is 69.9 Å². The second-order valence-corrected chi connectivity index (χ2v) is 6.26. The summed E-state index contributed by atoms with van der Waals surface area (Å²) in [5.41, 5.74) is 1.79. The standard InChI is InChI=1S/C17H30/c1-2-3-4-5-6-7-8-9-10-16-13-15-11-12-17(16)14-15/h13,16-17H,2-12,14H2,1H3. The van der Waals surface area contributed by atoms with Gasteiger partial charge >= 0.3 is 0 Å². The first-order valence-electron chi connectivity index (χ1n) is 8.09. The maximum Gasteiger partial charge on any atom is -0.0199 e. The van der Waals surface area contributed by atoms with Crippen LogP contribution in [0.15, 0.2) is 11.6 Å². The van der Waals surface area contributed by atoms with Gasteiger partial charge in [-0.15, -0.1) is 0 Å². The molecule has 0 amide bonds. The fourth-order valence-electron chi connectivity index (χ4n) is 3.70. The minimum Gasteiger partial charge on any atom is -0.0819 e. The molecule has 0 aliphatic heterocycles. The third-order valence-corrected chi connectivity index (χ3v) is 4.81. The van der Waals surface area contributed by atoms with E-state index in [1.807, 2.05) is 0 Å². The first-order valence-corrected chi connectivity index (χ1v) is 8.09. The lowest BCUT2D eigenvalue weighted by atomic mass is 9.88. The molecule has 0 heterocycles. The van der Waals surface area contributed by atoms with Crippen LogP contribution in [-0.2, 0) is 0 Å². The summed E-state index contributed by atoms with van der Waals surface area (Å²) in [4.78, 5) is 0. The Bertz CT molecular complexity index is 238. The van der Waals surface area contributed by atoms with Crippen molar-refractivity contribution in [3.05, 3.63) is 11.6 Å². The van der Waals surface area contributed by atoms with Gasteiger partial charge in [0.1, 0.15) is 0 Å². The summed E-state index contributed by atoms with van der Waals surface area (Å²) in [6.07, 6.45) is 20.2. The van der Waals surface area contributed by atoms with Crippen LogP contribution in [0.1, 0.15) is 84.0 Å². The topological polar surface area (TPSA) is 0 Å². The number of hydrogen-bond acceptors (Lipinski definition) is 0. The summed E-state index contributed by atoms with van der Waals surface area (Å²) >= 11 is 0. The van der Waals surface area contributed by atoms with E-state index < -0.39 is 0 Å². The van der Waals surface area contributed by atoms with Crippen LogP contribution < -0.4 is 0 Å². The number of rotatable bonds is 9. The van der Waals surface area contributed by atoms with Gasteiger partial charge in [0.15, 0.2) is 0 Å².